The molecule has 1 saturated heterocycles. The summed E-state index contributed by atoms with van der Waals surface area (Å²) in [4.78, 5) is 28.1. The highest BCUT2D eigenvalue weighted by Crippen LogP contribution is 2.42. The predicted molar refractivity (Wildman–Crippen MR) is 123 cm³/mol. The number of hydrogen-bond donors (Lipinski definition) is 1. The number of nitrogens with one attached hydrogen (secondary N) is 1. The summed E-state index contributed by atoms with van der Waals surface area (Å²) in [5, 5.41) is 3.04. The minimum atomic E-state index is -0.392. The third-order valence-electron chi connectivity index (χ3n) is 5.80. The highest BCUT2D eigenvalue weighted by Gasteiger charge is 2.42. The van der Waals surface area contributed by atoms with E-state index in [4.69, 9.17) is 14.2 Å². The molecule has 0 spiro atoms. The zero-order chi connectivity index (χ0) is 23.3. The number of ether oxygens (including phenoxy) is 3. The summed E-state index contributed by atoms with van der Waals surface area (Å²) in [7, 11) is 4.76. The first kappa shape index (κ1) is 23.4. The fourth-order valence-electron chi connectivity index (χ4n) is 4.11. The molecular formula is C25H32N2O5. The van der Waals surface area contributed by atoms with Crippen LogP contribution in [0.1, 0.15) is 35.7 Å². The number of rotatable bonds is 8. The molecule has 2 aromatic carbocycles. The van der Waals surface area contributed by atoms with Crippen LogP contribution < -0.4 is 19.5 Å². The van der Waals surface area contributed by atoms with Gasteiger partial charge in [0.05, 0.1) is 27.2 Å². The Balaban J connectivity index is 1.92. The average molecular weight is 441 g/mol. The van der Waals surface area contributed by atoms with E-state index in [1.807, 2.05) is 18.2 Å². The van der Waals surface area contributed by atoms with Gasteiger partial charge in [0, 0.05) is 36.7 Å². The Bertz CT molecular complexity index is 942. The molecule has 32 heavy (non-hydrogen) atoms. The first-order chi connectivity index (χ1) is 15.4. The van der Waals surface area contributed by atoms with E-state index >= 15 is 0 Å². The molecule has 0 unspecified atom stereocenters. The summed E-state index contributed by atoms with van der Waals surface area (Å²) in [6.45, 7) is 5.44. The number of likely N-dealkylation sites (tertiary alicyclic amines) is 1. The van der Waals surface area contributed by atoms with E-state index in [2.05, 4.69) is 19.2 Å². The van der Waals surface area contributed by atoms with Gasteiger partial charge >= 0.3 is 0 Å². The molecule has 1 aliphatic heterocycles. The number of nitrogens with zero attached hydrogens (tertiary/aromatic N) is 1. The van der Waals surface area contributed by atoms with Gasteiger partial charge in [-0.25, -0.2) is 0 Å². The number of carbonyl (C=O) groups is 2. The molecule has 3 rings (SSSR count). The third kappa shape index (κ3) is 4.98. The first-order valence-electron chi connectivity index (χ1n) is 10.8. The summed E-state index contributed by atoms with van der Waals surface area (Å²) >= 11 is 0. The molecule has 7 nitrogen and oxygen atoms in total. The van der Waals surface area contributed by atoms with Crippen LogP contribution >= 0.6 is 0 Å². The fraction of sp³-hybridized carbons (Fsp3) is 0.440. The first-order valence-corrected chi connectivity index (χ1v) is 10.8. The maximum absolute atomic E-state index is 13.2. The van der Waals surface area contributed by atoms with Gasteiger partial charge < -0.3 is 24.4 Å². The van der Waals surface area contributed by atoms with Crippen LogP contribution in [0.4, 0.5) is 0 Å². The standard InChI is InChI=1S/C25H32N2O5/c1-16(2)13-26-24(28)21-15-27(25(29)17-9-11-18(30-3)12-10-17)14-20(21)19-7-6-8-22(31-4)23(19)32-5/h6-12,16,20-21H,13-15H2,1-5H3,(H,26,28)/t20-,21+/m0/s1. The Morgan fingerprint density at radius 1 is 1.00 bits per heavy atom. The summed E-state index contributed by atoms with van der Waals surface area (Å²) in [6.07, 6.45) is 0. The number of benzene rings is 2. The number of methoxy groups -OCH3 is 3. The monoisotopic (exact) mass is 440 g/mol. The molecule has 1 N–H and O–H groups in total. The normalized spacial score (nSPS) is 17.9. The van der Waals surface area contributed by atoms with Crippen LogP contribution in [0.2, 0.25) is 0 Å². The van der Waals surface area contributed by atoms with Gasteiger partial charge in [-0.15, -0.1) is 0 Å². The molecule has 1 aliphatic rings. The summed E-state index contributed by atoms with van der Waals surface area (Å²) in [6, 6.07) is 12.7. The number of carbonyl (C=O) groups excluding carboxylic acids is 2. The van der Waals surface area contributed by atoms with Crippen LogP contribution in [0.5, 0.6) is 17.2 Å². The number of para-hydroxylation sites is 1. The molecule has 2 atom stereocenters. The van der Waals surface area contributed by atoms with Gasteiger partial charge in [0.1, 0.15) is 5.75 Å². The molecule has 1 heterocycles. The highest BCUT2D eigenvalue weighted by atomic mass is 16.5. The van der Waals surface area contributed by atoms with Crippen molar-refractivity contribution in [3.8, 4) is 17.2 Å². The molecule has 0 saturated carbocycles. The number of hydrogen-bond acceptors (Lipinski definition) is 5. The second-order valence-corrected chi connectivity index (χ2v) is 8.37. The van der Waals surface area contributed by atoms with E-state index in [1.54, 1.807) is 50.5 Å². The molecule has 0 bridgehead atoms. The Hall–Kier alpha value is -3.22. The third-order valence-corrected chi connectivity index (χ3v) is 5.80. The van der Waals surface area contributed by atoms with E-state index in [9.17, 15) is 9.59 Å². The SMILES string of the molecule is COc1ccc(C(=O)N2C[C@@H](C(=O)NCC(C)C)[C@H](c3cccc(OC)c3OC)C2)cc1. The maximum Gasteiger partial charge on any atom is 0.253 e. The maximum atomic E-state index is 13.2. The molecule has 1 fully saturated rings. The van der Waals surface area contributed by atoms with Gasteiger partial charge in [-0.2, -0.15) is 0 Å². The van der Waals surface area contributed by atoms with E-state index < -0.39 is 5.92 Å². The number of amides is 2. The van der Waals surface area contributed by atoms with Crippen LogP contribution in [0.15, 0.2) is 42.5 Å². The van der Waals surface area contributed by atoms with Crippen LogP contribution in [-0.2, 0) is 4.79 Å². The van der Waals surface area contributed by atoms with Crippen LogP contribution in [0.25, 0.3) is 0 Å². The zero-order valence-electron chi connectivity index (χ0n) is 19.4. The molecule has 0 aromatic heterocycles. The van der Waals surface area contributed by atoms with Gasteiger partial charge in [-0.3, -0.25) is 9.59 Å². The Kier molecular flexibility index (Phi) is 7.62. The van der Waals surface area contributed by atoms with Crippen molar-refractivity contribution in [2.45, 2.75) is 19.8 Å². The second-order valence-electron chi connectivity index (χ2n) is 8.37. The van der Waals surface area contributed by atoms with Crippen molar-refractivity contribution in [3.05, 3.63) is 53.6 Å². The van der Waals surface area contributed by atoms with Gasteiger partial charge in [0.15, 0.2) is 11.5 Å². The van der Waals surface area contributed by atoms with Crippen molar-refractivity contribution in [2.24, 2.45) is 11.8 Å². The van der Waals surface area contributed by atoms with Gasteiger partial charge in [0.2, 0.25) is 5.91 Å². The summed E-state index contributed by atoms with van der Waals surface area (Å²) < 4.78 is 16.3. The van der Waals surface area contributed by atoms with Gasteiger partial charge in [0.25, 0.3) is 5.91 Å². The van der Waals surface area contributed by atoms with E-state index in [1.165, 1.54) is 0 Å². The van der Waals surface area contributed by atoms with Crippen molar-refractivity contribution in [1.29, 1.82) is 0 Å². The Morgan fingerprint density at radius 3 is 2.31 bits per heavy atom. The van der Waals surface area contributed by atoms with Gasteiger partial charge in [-0.05, 0) is 36.2 Å². The average Bonchev–Trinajstić information content (AvgIpc) is 3.26. The van der Waals surface area contributed by atoms with E-state index in [0.29, 0.717) is 48.4 Å². The molecular weight excluding hydrogens is 408 g/mol. The van der Waals surface area contributed by atoms with Crippen molar-refractivity contribution in [3.63, 3.8) is 0 Å². The quantitative estimate of drug-likeness (QED) is 0.681. The highest BCUT2D eigenvalue weighted by molar-refractivity contribution is 5.95. The smallest absolute Gasteiger partial charge is 0.253 e. The lowest BCUT2D eigenvalue weighted by atomic mass is 9.87. The lowest BCUT2D eigenvalue weighted by molar-refractivity contribution is -0.125. The summed E-state index contributed by atoms with van der Waals surface area (Å²) in [5.41, 5.74) is 1.42. The minimum absolute atomic E-state index is 0.0568. The van der Waals surface area contributed by atoms with Crippen LogP contribution in [0.3, 0.4) is 0 Å². The van der Waals surface area contributed by atoms with E-state index in [0.717, 1.165) is 5.56 Å². The molecule has 0 radical (unpaired) electrons. The minimum Gasteiger partial charge on any atom is -0.497 e. The van der Waals surface area contributed by atoms with E-state index in [-0.39, 0.29) is 17.7 Å². The zero-order valence-corrected chi connectivity index (χ0v) is 19.4. The predicted octanol–water partition coefficient (Wildman–Crippen LogP) is 3.34. The lowest BCUT2D eigenvalue weighted by Gasteiger charge is -2.22. The van der Waals surface area contributed by atoms with Crippen molar-refractivity contribution in [1.82, 2.24) is 10.2 Å². The molecule has 172 valence electrons. The molecule has 2 amide bonds. The van der Waals surface area contributed by atoms with Crippen LogP contribution in [-0.4, -0.2) is 57.7 Å². The second kappa shape index (κ2) is 10.4. The Labute approximate surface area is 189 Å². The largest absolute Gasteiger partial charge is 0.497 e. The Morgan fingerprint density at radius 2 is 1.72 bits per heavy atom. The molecule has 2 aromatic rings. The fourth-order valence-corrected chi connectivity index (χ4v) is 4.11. The topological polar surface area (TPSA) is 77.1 Å². The van der Waals surface area contributed by atoms with Crippen molar-refractivity contribution in [2.75, 3.05) is 41.0 Å². The van der Waals surface area contributed by atoms with Crippen molar-refractivity contribution < 1.29 is 23.8 Å². The van der Waals surface area contributed by atoms with Gasteiger partial charge in [-0.1, -0.05) is 26.0 Å². The lowest BCUT2D eigenvalue weighted by Crippen LogP contribution is -2.37. The van der Waals surface area contributed by atoms with Crippen molar-refractivity contribution >= 4 is 11.8 Å². The van der Waals surface area contributed by atoms with Crippen LogP contribution in [0, 0.1) is 11.8 Å². The summed E-state index contributed by atoms with van der Waals surface area (Å²) in [5.74, 6) is 1.45. The molecule has 0 aliphatic carbocycles. The molecule has 7 heteroatoms.